The fourth-order valence-corrected chi connectivity index (χ4v) is 1.67. The van der Waals surface area contributed by atoms with Gasteiger partial charge in [-0.05, 0) is 19.1 Å². The van der Waals surface area contributed by atoms with Crippen molar-refractivity contribution in [2.24, 2.45) is 0 Å². The molecule has 0 heterocycles. The van der Waals surface area contributed by atoms with Gasteiger partial charge in [-0.3, -0.25) is 4.79 Å². The standard InChI is InChI=1S/C14H19NO6/c1-14(9-19-2,13(17)18)15-12(16)8-21-11-7-5-4-6-10(11)20-3/h4-7H,8-9H2,1-3H3,(H,15,16)(H,17,18). The molecule has 1 aromatic rings. The van der Waals surface area contributed by atoms with Crippen LogP contribution in [0.15, 0.2) is 24.3 Å². The van der Waals surface area contributed by atoms with Gasteiger partial charge in [0.2, 0.25) is 0 Å². The summed E-state index contributed by atoms with van der Waals surface area (Å²) in [4.78, 5) is 23.0. The number of benzene rings is 1. The third-order valence-corrected chi connectivity index (χ3v) is 2.75. The van der Waals surface area contributed by atoms with Crippen LogP contribution in [0.3, 0.4) is 0 Å². The van der Waals surface area contributed by atoms with E-state index in [0.29, 0.717) is 11.5 Å². The van der Waals surface area contributed by atoms with Gasteiger partial charge in [0.1, 0.15) is 0 Å². The number of para-hydroxylation sites is 2. The second-order valence-corrected chi connectivity index (χ2v) is 4.56. The highest BCUT2D eigenvalue weighted by Crippen LogP contribution is 2.25. The molecular formula is C14H19NO6. The van der Waals surface area contributed by atoms with Crippen molar-refractivity contribution < 1.29 is 28.9 Å². The number of carboxylic acids is 1. The average molecular weight is 297 g/mol. The summed E-state index contributed by atoms with van der Waals surface area (Å²) in [7, 11) is 2.85. The van der Waals surface area contributed by atoms with E-state index in [0.717, 1.165) is 0 Å². The predicted octanol–water partition coefficient (Wildman–Crippen LogP) is 0.680. The van der Waals surface area contributed by atoms with E-state index in [1.165, 1.54) is 21.1 Å². The van der Waals surface area contributed by atoms with Crippen molar-refractivity contribution in [2.75, 3.05) is 27.4 Å². The fourth-order valence-electron chi connectivity index (χ4n) is 1.67. The summed E-state index contributed by atoms with van der Waals surface area (Å²) in [6.45, 7) is 0.884. The number of aliphatic carboxylic acids is 1. The first-order chi connectivity index (χ1) is 9.92. The number of carbonyl (C=O) groups is 2. The third-order valence-electron chi connectivity index (χ3n) is 2.75. The summed E-state index contributed by atoms with van der Waals surface area (Å²) in [6, 6.07) is 6.85. The van der Waals surface area contributed by atoms with Crippen molar-refractivity contribution in [1.29, 1.82) is 0 Å². The lowest BCUT2D eigenvalue weighted by Crippen LogP contribution is -2.56. The topological polar surface area (TPSA) is 94.1 Å². The first kappa shape index (κ1) is 16.8. The zero-order valence-corrected chi connectivity index (χ0v) is 12.2. The molecule has 0 aliphatic carbocycles. The van der Waals surface area contributed by atoms with Crippen LogP contribution >= 0.6 is 0 Å². The van der Waals surface area contributed by atoms with Crippen molar-refractivity contribution in [3.05, 3.63) is 24.3 Å². The Morgan fingerprint density at radius 3 is 2.38 bits per heavy atom. The van der Waals surface area contributed by atoms with E-state index >= 15 is 0 Å². The van der Waals surface area contributed by atoms with E-state index in [-0.39, 0.29) is 13.2 Å². The fraction of sp³-hybridized carbons (Fsp3) is 0.429. The summed E-state index contributed by atoms with van der Waals surface area (Å²) in [5.74, 6) is -0.861. The molecule has 2 N–H and O–H groups in total. The molecule has 1 atom stereocenters. The first-order valence-corrected chi connectivity index (χ1v) is 6.22. The van der Waals surface area contributed by atoms with Gasteiger partial charge in [-0.2, -0.15) is 0 Å². The first-order valence-electron chi connectivity index (χ1n) is 6.22. The molecule has 7 nitrogen and oxygen atoms in total. The normalized spacial score (nSPS) is 13.1. The Bertz CT molecular complexity index is 504. The number of hydrogen-bond acceptors (Lipinski definition) is 5. The lowest BCUT2D eigenvalue weighted by Gasteiger charge is -2.25. The van der Waals surface area contributed by atoms with E-state index in [2.05, 4.69) is 5.32 Å². The zero-order valence-electron chi connectivity index (χ0n) is 12.2. The van der Waals surface area contributed by atoms with Gasteiger partial charge in [0.05, 0.1) is 13.7 Å². The van der Waals surface area contributed by atoms with Crippen LogP contribution in [0.4, 0.5) is 0 Å². The Hall–Kier alpha value is -2.28. The van der Waals surface area contributed by atoms with E-state index < -0.39 is 17.4 Å². The predicted molar refractivity (Wildman–Crippen MR) is 74.5 cm³/mol. The van der Waals surface area contributed by atoms with Gasteiger partial charge in [0, 0.05) is 7.11 Å². The maximum Gasteiger partial charge on any atom is 0.331 e. The summed E-state index contributed by atoms with van der Waals surface area (Å²) in [6.07, 6.45) is 0. The highest BCUT2D eigenvalue weighted by molar-refractivity contribution is 5.87. The van der Waals surface area contributed by atoms with Gasteiger partial charge >= 0.3 is 5.97 Å². The molecule has 0 radical (unpaired) electrons. The van der Waals surface area contributed by atoms with Crippen LogP contribution in [0.1, 0.15) is 6.92 Å². The monoisotopic (exact) mass is 297 g/mol. The summed E-state index contributed by atoms with van der Waals surface area (Å²) >= 11 is 0. The van der Waals surface area contributed by atoms with Gasteiger partial charge in [-0.15, -0.1) is 0 Å². The van der Waals surface area contributed by atoms with Crippen molar-refractivity contribution in [2.45, 2.75) is 12.5 Å². The molecule has 1 amide bonds. The second-order valence-electron chi connectivity index (χ2n) is 4.56. The Balaban J connectivity index is 2.63. The quantitative estimate of drug-likeness (QED) is 0.733. The van der Waals surface area contributed by atoms with Crippen molar-refractivity contribution in [1.82, 2.24) is 5.32 Å². The van der Waals surface area contributed by atoms with E-state index in [1.54, 1.807) is 24.3 Å². The van der Waals surface area contributed by atoms with Gasteiger partial charge in [0.15, 0.2) is 23.6 Å². The summed E-state index contributed by atoms with van der Waals surface area (Å²) < 4.78 is 15.2. The SMILES string of the molecule is COCC(C)(NC(=O)COc1ccccc1OC)C(=O)O. The van der Waals surface area contributed by atoms with Crippen LogP contribution in [0, 0.1) is 0 Å². The Morgan fingerprint density at radius 2 is 1.86 bits per heavy atom. The Morgan fingerprint density at radius 1 is 1.24 bits per heavy atom. The maximum absolute atomic E-state index is 11.8. The number of rotatable bonds is 8. The van der Waals surface area contributed by atoms with Crippen LogP contribution in [0.2, 0.25) is 0 Å². The van der Waals surface area contributed by atoms with Crippen LogP contribution in [-0.4, -0.2) is 50.0 Å². The molecule has 0 saturated carbocycles. The second kappa shape index (κ2) is 7.49. The number of amides is 1. The number of ether oxygens (including phenoxy) is 3. The van der Waals surface area contributed by atoms with E-state index in [4.69, 9.17) is 19.3 Å². The largest absolute Gasteiger partial charge is 0.493 e. The smallest absolute Gasteiger partial charge is 0.331 e. The van der Waals surface area contributed by atoms with E-state index in [9.17, 15) is 9.59 Å². The van der Waals surface area contributed by atoms with Gasteiger partial charge < -0.3 is 24.6 Å². The van der Waals surface area contributed by atoms with E-state index in [1.807, 2.05) is 0 Å². The average Bonchev–Trinajstić information content (AvgIpc) is 2.45. The lowest BCUT2D eigenvalue weighted by molar-refractivity contribution is -0.149. The minimum Gasteiger partial charge on any atom is -0.493 e. The molecule has 21 heavy (non-hydrogen) atoms. The molecule has 0 aliphatic rings. The van der Waals surface area contributed by atoms with Crippen molar-refractivity contribution in [3.63, 3.8) is 0 Å². The lowest BCUT2D eigenvalue weighted by atomic mass is 10.0. The van der Waals surface area contributed by atoms with Crippen molar-refractivity contribution >= 4 is 11.9 Å². The molecule has 1 aromatic carbocycles. The molecule has 0 bridgehead atoms. The molecule has 7 heteroatoms. The zero-order chi connectivity index (χ0) is 15.9. The Kier molecular flexibility index (Phi) is 5.98. The van der Waals surface area contributed by atoms with Crippen molar-refractivity contribution in [3.8, 4) is 11.5 Å². The third kappa shape index (κ3) is 4.64. The minimum atomic E-state index is -1.50. The van der Waals surface area contributed by atoms with Crippen LogP contribution < -0.4 is 14.8 Å². The van der Waals surface area contributed by atoms with Crippen LogP contribution in [-0.2, 0) is 14.3 Å². The minimum absolute atomic E-state index is 0.150. The number of methoxy groups -OCH3 is 2. The van der Waals surface area contributed by atoms with Crippen LogP contribution in [0.5, 0.6) is 11.5 Å². The maximum atomic E-state index is 11.8. The molecule has 0 aromatic heterocycles. The molecule has 1 rings (SSSR count). The molecule has 1 unspecified atom stereocenters. The number of carboxylic acid groups (broad SMARTS) is 1. The van der Waals surface area contributed by atoms with Gasteiger partial charge in [0.25, 0.3) is 5.91 Å². The highest BCUT2D eigenvalue weighted by atomic mass is 16.5. The molecule has 0 fully saturated rings. The summed E-state index contributed by atoms with van der Waals surface area (Å²) in [5, 5.41) is 11.5. The number of carbonyl (C=O) groups excluding carboxylic acids is 1. The number of hydrogen-bond donors (Lipinski definition) is 2. The molecule has 116 valence electrons. The molecule has 0 saturated heterocycles. The summed E-state index contributed by atoms with van der Waals surface area (Å²) in [5.41, 5.74) is -1.50. The van der Waals surface area contributed by atoms with Crippen LogP contribution in [0.25, 0.3) is 0 Å². The Labute approximate surface area is 122 Å². The molecule has 0 aliphatic heterocycles. The molecule has 0 spiro atoms. The molecular weight excluding hydrogens is 278 g/mol. The highest BCUT2D eigenvalue weighted by Gasteiger charge is 2.35. The van der Waals surface area contributed by atoms with Gasteiger partial charge in [-0.1, -0.05) is 12.1 Å². The van der Waals surface area contributed by atoms with Gasteiger partial charge in [-0.25, -0.2) is 4.79 Å². The number of nitrogens with one attached hydrogen (secondary N) is 1.